The summed E-state index contributed by atoms with van der Waals surface area (Å²) >= 11 is 0. The van der Waals surface area contributed by atoms with Gasteiger partial charge in [-0.05, 0) is 51.8 Å². The Kier molecular flexibility index (Phi) is 4.75. The van der Waals surface area contributed by atoms with E-state index in [9.17, 15) is 9.18 Å². The first kappa shape index (κ1) is 18.4. The minimum atomic E-state index is -0.368. The van der Waals surface area contributed by atoms with Crippen molar-refractivity contribution in [3.63, 3.8) is 0 Å². The number of carbonyl (C=O) groups is 1. The molecule has 1 aliphatic heterocycles. The Morgan fingerprint density at radius 2 is 2.11 bits per heavy atom. The summed E-state index contributed by atoms with van der Waals surface area (Å²) in [5, 5.41) is 3.74. The van der Waals surface area contributed by atoms with Crippen molar-refractivity contribution in [1.82, 2.24) is 9.97 Å². The van der Waals surface area contributed by atoms with Crippen LogP contribution in [0.1, 0.15) is 30.0 Å². The van der Waals surface area contributed by atoms with Gasteiger partial charge in [0, 0.05) is 24.3 Å². The predicted molar refractivity (Wildman–Crippen MR) is 106 cm³/mol. The maximum Gasteiger partial charge on any atom is 0.231 e. The van der Waals surface area contributed by atoms with Gasteiger partial charge in [0.05, 0.1) is 11.3 Å². The summed E-state index contributed by atoms with van der Waals surface area (Å²) in [4.78, 5) is 24.0. The lowest BCUT2D eigenvalue weighted by atomic mass is 9.96. The number of hydrogen-bond acceptors (Lipinski definition) is 5. The number of hydrogen-bond donors (Lipinski definition) is 1. The Balaban J connectivity index is 1.59. The second kappa shape index (κ2) is 7.22. The number of anilines is 2. The number of aryl methyl sites for hydroxylation is 3. The van der Waals surface area contributed by atoms with Crippen LogP contribution in [0.3, 0.4) is 0 Å². The number of nitrogens with zero attached hydrogens (tertiary/aromatic N) is 3. The molecular formula is C21H23FN4O2. The quantitative estimate of drug-likeness (QED) is 0.737. The van der Waals surface area contributed by atoms with E-state index >= 15 is 0 Å². The van der Waals surface area contributed by atoms with Gasteiger partial charge >= 0.3 is 0 Å². The van der Waals surface area contributed by atoms with Crippen LogP contribution in [0, 0.1) is 32.5 Å². The zero-order valence-corrected chi connectivity index (χ0v) is 16.3. The summed E-state index contributed by atoms with van der Waals surface area (Å²) in [6.07, 6.45) is 1.66. The van der Waals surface area contributed by atoms with Gasteiger partial charge < -0.3 is 14.6 Å². The van der Waals surface area contributed by atoms with Gasteiger partial charge in [-0.3, -0.25) is 4.79 Å². The van der Waals surface area contributed by atoms with E-state index in [0.29, 0.717) is 23.8 Å². The van der Waals surface area contributed by atoms with E-state index in [1.165, 1.54) is 12.1 Å². The van der Waals surface area contributed by atoms with Gasteiger partial charge in [-0.1, -0.05) is 6.07 Å². The summed E-state index contributed by atoms with van der Waals surface area (Å²) < 4.78 is 19.2. The topological polar surface area (TPSA) is 71.3 Å². The van der Waals surface area contributed by atoms with Crippen LogP contribution < -0.4 is 10.2 Å². The van der Waals surface area contributed by atoms with E-state index in [0.717, 1.165) is 41.9 Å². The molecule has 1 aromatic carbocycles. The average molecular weight is 382 g/mol. The zero-order chi connectivity index (χ0) is 19.8. The highest BCUT2D eigenvalue weighted by molar-refractivity contribution is 5.94. The van der Waals surface area contributed by atoms with Gasteiger partial charge in [0.2, 0.25) is 11.6 Å². The smallest absolute Gasteiger partial charge is 0.231 e. The lowest BCUT2D eigenvalue weighted by molar-refractivity contribution is -0.120. The lowest BCUT2D eigenvalue weighted by Crippen LogP contribution is -2.41. The third-order valence-corrected chi connectivity index (χ3v) is 5.31. The maximum absolute atomic E-state index is 13.4. The molecule has 1 atom stereocenters. The summed E-state index contributed by atoms with van der Waals surface area (Å²) in [5.41, 5.74) is 2.09. The van der Waals surface area contributed by atoms with Crippen molar-refractivity contribution < 1.29 is 13.6 Å². The molecule has 28 heavy (non-hydrogen) atoms. The first-order chi connectivity index (χ1) is 13.4. The molecule has 1 saturated heterocycles. The van der Waals surface area contributed by atoms with Crippen LogP contribution in [0.5, 0.6) is 0 Å². The van der Waals surface area contributed by atoms with Crippen LogP contribution >= 0.6 is 0 Å². The van der Waals surface area contributed by atoms with Crippen molar-refractivity contribution in [2.24, 2.45) is 5.92 Å². The fraction of sp³-hybridized carbons (Fsp3) is 0.381. The lowest BCUT2D eigenvalue weighted by Gasteiger charge is -2.33. The molecule has 1 fully saturated rings. The summed E-state index contributed by atoms with van der Waals surface area (Å²) in [6.45, 7) is 7.13. The number of benzene rings is 1. The first-order valence-electron chi connectivity index (χ1n) is 9.48. The Morgan fingerprint density at radius 1 is 1.29 bits per heavy atom. The second-order valence-corrected chi connectivity index (χ2v) is 7.34. The number of fused-ring (bicyclic) bond motifs is 1. The van der Waals surface area contributed by atoms with Crippen LogP contribution in [-0.4, -0.2) is 29.0 Å². The van der Waals surface area contributed by atoms with E-state index in [1.54, 1.807) is 12.1 Å². The van der Waals surface area contributed by atoms with E-state index in [2.05, 4.69) is 20.2 Å². The van der Waals surface area contributed by atoms with Crippen LogP contribution in [0.2, 0.25) is 0 Å². The number of nitrogens with one attached hydrogen (secondary N) is 1. The molecule has 2 aromatic heterocycles. The highest BCUT2D eigenvalue weighted by Crippen LogP contribution is 2.33. The minimum Gasteiger partial charge on any atom is -0.443 e. The molecule has 0 saturated carbocycles. The van der Waals surface area contributed by atoms with Crippen LogP contribution in [-0.2, 0) is 4.79 Å². The number of rotatable bonds is 3. The molecule has 1 amide bonds. The van der Waals surface area contributed by atoms with Crippen molar-refractivity contribution in [3.8, 4) is 0 Å². The number of carbonyl (C=O) groups excluding carboxylic acids is 1. The molecule has 0 aliphatic carbocycles. The van der Waals surface area contributed by atoms with Crippen molar-refractivity contribution >= 4 is 28.5 Å². The molecule has 3 aromatic rings. The molecule has 0 spiro atoms. The maximum atomic E-state index is 13.4. The molecule has 7 heteroatoms. The monoisotopic (exact) mass is 382 g/mol. The third-order valence-electron chi connectivity index (χ3n) is 5.31. The third kappa shape index (κ3) is 3.44. The first-order valence-corrected chi connectivity index (χ1v) is 9.48. The number of piperidine rings is 1. The summed E-state index contributed by atoms with van der Waals surface area (Å²) in [7, 11) is 0. The van der Waals surface area contributed by atoms with Gasteiger partial charge in [-0.2, -0.15) is 4.98 Å². The normalized spacial score (nSPS) is 17.1. The van der Waals surface area contributed by atoms with Gasteiger partial charge in [0.15, 0.2) is 0 Å². The standard InChI is InChI=1S/C21H23FN4O2/c1-12-13(2)28-21-18(12)19(23-14(3)24-21)26-9-5-6-15(11-26)20(27)25-17-8-4-7-16(22)10-17/h4,7-8,10,15H,5-6,9,11H2,1-3H3,(H,25,27)/t15-/m0/s1. The van der Waals surface area contributed by atoms with Gasteiger partial charge in [0.25, 0.3) is 0 Å². The summed E-state index contributed by atoms with van der Waals surface area (Å²) in [6, 6.07) is 5.96. The minimum absolute atomic E-state index is 0.0996. The number of amides is 1. The second-order valence-electron chi connectivity index (χ2n) is 7.34. The molecule has 0 unspecified atom stereocenters. The van der Waals surface area contributed by atoms with Crippen LogP contribution in [0.25, 0.3) is 11.1 Å². The van der Waals surface area contributed by atoms with Crippen molar-refractivity contribution in [1.29, 1.82) is 0 Å². The van der Waals surface area contributed by atoms with Crippen LogP contribution in [0.4, 0.5) is 15.9 Å². The Hall–Kier alpha value is -2.96. The molecule has 6 nitrogen and oxygen atoms in total. The number of furan rings is 1. The molecule has 146 valence electrons. The molecule has 0 bridgehead atoms. The van der Waals surface area contributed by atoms with Crippen molar-refractivity contribution in [2.75, 3.05) is 23.3 Å². The Morgan fingerprint density at radius 3 is 2.89 bits per heavy atom. The Labute approximate surface area is 162 Å². The highest BCUT2D eigenvalue weighted by atomic mass is 19.1. The molecule has 0 radical (unpaired) electrons. The highest BCUT2D eigenvalue weighted by Gasteiger charge is 2.29. The van der Waals surface area contributed by atoms with Crippen molar-refractivity contribution in [2.45, 2.75) is 33.6 Å². The average Bonchev–Trinajstić information content (AvgIpc) is 2.95. The SMILES string of the molecule is Cc1nc(N2CCC[C@H](C(=O)Nc3cccc(F)c3)C2)c2c(C)c(C)oc2n1. The molecule has 3 heterocycles. The zero-order valence-electron chi connectivity index (χ0n) is 16.3. The molecule has 4 rings (SSSR count). The van der Waals surface area contributed by atoms with Gasteiger partial charge in [-0.15, -0.1) is 0 Å². The van der Waals surface area contributed by atoms with E-state index in [-0.39, 0.29) is 17.6 Å². The van der Waals surface area contributed by atoms with Gasteiger partial charge in [-0.25, -0.2) is 9.37 Å². The molecular weight excluding hydrogens is 359 g/mol. The molecule has 1 aliphatic rings. The number of aromatic nitrogens is 2. The molecule has 1 N–H and O–H groups in total. The predicted octanol–water partition coefficient (Wildman–Crippen LogP) is 4.14. The number of halogens is 1. The fourth-order valence-corrected chi connectivity index (χ4v) is 3.76. The fourth-order valence-electron chi connectivity index (χ4n) is 3.76. The Bertz CT molecular complexity index is 1050. The van der Waals surface area contributed by atoms with E-state index in [1.807, 2.05) is 20.8 Å². The largest absolute Gasteiger partial charge is 0.443 e. The summed E-state index contributed by atoms with van der Waals surface area (Å²) in [5.74, 6) is 1.62. The van der Waals surface area contributed by atoms with Crippen molar-refractivity contribution in [3.05, 3.63) is 47.2 Å². The van der Waals surface area contributed by atoms with Crippen LogP contribution in [0.15, 0.2) is 28.7 Å². The van der Waals surface area contributed by atoms with E-state index in [4.69, 9.17) is 4.42 Å². The van der Waals surface area contributed by atoms with Gasteiger partial charge in [0.1, 0.15) is 23.2 Å². The van der Waals surface area contributed by atoms with E-state index < -0.39 is 0 Å².